The van der Waals surface area contributed by atoms with Gasteiger partial charge in [-0.25, -0.2) is 15.0 Å². The number of nitrogens with one attached hydrogen (secondary N) is 1. The molecule has 0 unspecified atom stereocenters. The highest BCUT2D eigenvalue weighted by Gasteiger charge is 2.26. The Morgan fingerprint density at radius 2 is 1.97 bits per heavy atom. The van der Waals surface area contributed by atoms with Crippen molar-refractivity contribution >= 4 is 23.1 Å². The van der Waals surface area contributed by atoms with Gasteiger partial charge in [0.2, 0.25) is 0 Å². The molecule has 4 aromatic rings. The van der Waals surface area contributed by atoms with Crippen LogP contribution in [0.3, 0.4) is 0 Å². The van der Waals surface area contributed by atoms with Crippen LogP contribution in [0.25, 0.3) is 16.9 Å². The van der Waals surface area contributed by atoms with Gasteiger partial charge in [-0.3, -0.25) is 19.2 Å². The number of aromatic nitrogens is 4. The second kappa shape index (κ2) is 7.70. The molecule has 0 atom stereocenters. The predicted octanol–water partition coefficient (Wildman–Crippen LogP) is 2.42. The van der Waals surface area contributed by atoms with Crippen molar-refractivity contribution in [2.24, 2.45) is 0 Å². The summed E-state index contributed by atoms with van der Waals surface area (Å²) in [6, 6.07) is 9.81. The first kappa shape index (κ1) is 18.9. The van der Waals surface area contributed by atoms with Crippen LogP contribution >= 0.6 is 0 Å². The van der Waals surface area contributed by atoms with Crippen molar-refractivity contribution < 1.29 is 9.53 Å². The lowest BCUT2D eigenvalue weighted by molar-refractivity contribution is 0.0375. The van der Waals surface area contributed by atoms with Crippen LogP contribution in [-0.2, 0) is 11.3 Å². The summed E-state index contributed by atoms with van der Waals surface area (Å²) in [4.78, 5) is 25.7. The standard InChI is InChI=1S/C23H21N7O2/c31-23-19-4-3-16(12-17(19)13-27-23)20-15-26-22(21-25-6-7-29(20)21)30(18-2-1-5-24-14-18)28-8-10-32-11-9-28/h1-7,12,14-15H,8-11,13H2,(H,27,31). The van der Waals surface area contributed by atoms with Crippen LogP contribution in [0.1, 0.15) is 15.9 Å². The number of carbonyl (C=O) groups is 1. The van der Waals surface area contributed by atoms with Gasteiger partial charge < -0.3 is 10.1 Å². The highest BCUT2D eigenvalue weighted by Crippen LogP contribution is 2.32. The summed E-state index contributed by atoms with van der Waals surface area (Å²) in [5.41, 5.74) is 5.29. The number of rotatable bonds is 4. The van der Waals surface area contributed by atoms with Gasteiger partial charge in [0.05, 0.1) is 37.0 Å². The minimum atomic E-state index is -0.0228. The number of hydrogen-bond acceptors (Lipinski definition) is 7. The molecule has 1 amide bonds. The molecule has 5 heterocycles. The zero-order valence-corrected chi connectivity index (χ0v) is 17.3. The molecule has 0 saturated carbocycles. The molecule has 6 rings (SSSR count). The number of benzene rings is 1. The highest BCUT2D eigenvalue weighted by atomic mass is 16.5. The molecule has 1 saturated heterocycles. The smallest absolute Gasteiger partial charge is 0.251 e. The van der Waals surface area contributed by atoms with Crippen LogP contribution in [0.15, 0.2) is 61.3 Å². The number of amides is 1. The van der Waals surface area contributed by atoms with E-state index in [2.05, 4.69) is 25.3 Å². The molecule has 0 radical (unpaired) electrons. The molecule has 0 aliphatic carbocycles. The van der Waals surface area contributed by atoms with Gasteiger partial charge in [0, 0.05) is 49.4 Å². The molecule has 160 valence electrons. The Bertz CT molecular complexity index is 1300. The van der Waals surface area contributed by atoms with Crippen LogP contribution in [0.2, 0.25) is 0 Å². The number of pyridine rings is 1. The van der Waals surface area contributed by atoms with Gasteiger partial charge in [0.15, 0.2) is 11.5 Å². The number of hydrogen-bond donors (Lipinski definition) is 1. The fourth-order valence-corrected chi connectivity index (χ4v) is 4.31. The number of ether oxygens (including phenoxy) is 1. The molecule has 1 fully saturated rings. The van der Waals surface area contributed by atoms with Gasteiger partial charge in [-0.2, -0.15) is 0 Å². The first-order chi connectivity index (χ1) is 15.8. The zero-order chi connectivity index (χ0) is 21.5. The van der Waals surface area contributed by atoms with Crippen LogP contribution in [0, 0.1) is 0 Å². The maximum absolute atomic E-state index is 11.9. The number of nitrogens with zero attached hydrogens (tertiary/aromatic N) is 6. The van der Waals surface area contributed by atoms with Crippen molar-refractivity contribution in [2.75, 3.05) is 31.3 Å². The highest BCUT2D eigenvalue weighted by molar-refractivity contribution is 5.98. The van der Waals surface area contributed by atoms with Crippen molar-refractivity contribution in [1.29, 1.82) is 0 Å². The minimum Gasteiger partial charge on any atom is -0.379 e. The molecule has 1 N–H and O–H groups in total. The van der Waals surface area contributed by atoms with Crippen molar-refractivity contribution in [2.45, 2.75) is 6.54 Å². The molecule has 0 spiro atoms. The Balaban J connectivity index is 1.48. The summed E-state index contributed by atoms with van der Waals surface area (Å²) >= 11 is 0. The molecular formula is C23H21N7O2. The molecule has 2 aliphatic heterocycles. The maximum atomic E-state index is 11.9. The summed E-state index contributed by atoms with van der Waals surface area (Å²) in [7, 11) is 0. The molecule has 32 heavy (non-hydrogen) atoms. The molecule has 0 bridgehead atoms. The molecule has 9 heteroatoms. The van der Waals surface area contributed by atoms with Crippen LogP contribution in [0.5, 0.6) is 0 Å². The average Bonchev–Trinajstić information content (AvgIpc) is 3.48. The van der Waals surface area contributed by atoms with E-state index < -0.39 is 0 Å². The number of morpholine rings is 1. The molecule has 3 aromatic heterocycles. The Kier molecular flexibility index (Phi) is 4.55. The number of hydrazine groups is 1. The largest absolute Gasteiger partial charge is 0.379 e. The van der Waals surface area contributed by atoms with Crippen molar-refractivity contribution in [3.05, 3.63) is 72.4 Å². The normalized spacial score (nSPS) is 16.2. The van der Waals surface area contributed by atoms with Gasteiger partial charge in [-0.15, -0.1) is 0 Å². The monoisotopic (exact) mass is 427 g/mol. The second-order valence-electron chi connectivity index (χ2n) is 7.73. The predicted molar refractivity (Wildman–Crippen MR) is 118 cm³/mol. The summed E-state index contributed by atoms with van der Waals surface area (Å²) in [5.74, 6) is 0.706. The third-order valence-corrected chi connectivity index (χ3v) is 5.86. The van der Waals surface area contributed by atoms with Crippen molar-refractivity contribution in [3.8, 4) is 11.3 Å². The number of anilines is 2. The van der Waals surface area contributed by atoms with Gasteiger partial charge in [0.1, 0.15) is 0 Å². The second-order valence-corrected chi connectivity index (χ2v) is 7.73. The Hall–Kier alpha value is -3.82. The minimum absolute atomic E-state index is 0.0228. The van der Waals surface area contributed by atoms with Crippen LogP contribution in [-0.4, -0.2) is 56.6 Å². The van der Waals surface area contributed by atoms with Gasteiger partial charge >= 0.3 is 0 Å². The van der Waals surface area contributed by atoms with E-state index in [4.69, 9.17) is 9.72 Å². The van der Waals surface area contributed by atoms with E-state index in [9.17, 15) is 4.79 Å². The quantitative estimate of drug-likeness (QED) is 0.535. The number of carbonyl (C=O) groups excluding carboxylic acids is 1. The first-order valence-corrected chi connectivity index (χ1v) is 10.6. The topological polar surface area (TPSA) is 87.9 Å². The van der Waals surface area contributed by atoms with Gasteiger partial charge in [-0.1, -0.05) is 6.07 Å². The molecular weight excluding hydrogens is 406 g/mol. The zero-order valence-electron chi connectivity index (χ0n) is 17.3. The Labute approximate surface area is 184 Å². The Morgan fingerprint density at radius 3 is 2.81 bits per heavy atom. The lowest BCUT2D eigenvalue weighted by atomic mass is 10.0. The number of fused-ring (bicyclic) bond motifs is 2. The lowest BCUT2D eigenvalue weighted by Gasteiger charge is -2.37. The fourth-order valence-electron chi connectivity index (χ4n) is 4.31. The number of imidazole rings is 1. The van der Waals surface area contributed by atoms with E-state index in [-0.39, 0.29) is 5.91 Å². The summed E-state index contributed by atoms with van der Waals surface area (Å²) in [5, 5.41) is 7.16. The maximum Gasteiger partial charge on any atom is 0.251 e. The first-order valence-electron chi connectivity index (χ1n) is 10.6. The average molecular weight is 427 g/mol. The SMILES string of the molecule is O=C1NCc2cc(-c3cnc(N(c4cccnc4)N4CCOCC4)c4nccn34)ccc21. The van der Waals surface area contributed by atoms with Gasteiger partial charge in [0.25, 0.3) is 5.91 Å². The Morgan fingerprint density at radius 1 is 1.06 bits per heavy atom. The third kappa shape index (κ3) is 3.10. The van der Waals surface area contributed by atoms with Crippen molar-refractivity contribution in [3.63, 3.8) is 0 Å². The molecule has 1 aromatic carbocycles. The van der Waals surface area contributed by atoms with E-state index in [1.54, 1.807) is 12.4 Å². The summed E-state index contributed by atoms with van der Waals surface area (Å²) in [6.45, 7) is 3.35. The fraction of sp³-hybridized carbons (Fsp3) is 0.217. The van der Waals surface area contributed by atoms with E-state index >= 15 is 0 Å². The van der Waals surface area contributed by atoms with Gasteiger partial charge in [-0.05, 0) is 29.8 Å². The van der Waals surface area contributed by atoms with Crippen LogP contribution < -0.4 is 10.3 Å². The molecule has 2 aliphatic rings. The third-order valence-electron chi connectivity index (χ3n) is 5.86. The van der Waals surface area contributed by atoms with Crippen LogP contribution in [0.4, 0.5) is 11.5 Å². The lowest BCUT2D eigenvalue weighted by Crippen LogP contribution is -2.47. The summed E-state index contributed by atoms with van der Waals surface area (Å²) < 4.78 is 7.60. The van der Waals surface area contributed by atoms with E-state index in [0.717, 1.165) is 52.6 Å². The van der Waals surface area contributed by atoms with E-state index in [1.165, 1.54) is 0 Å². The van der Waals surface area contributed by atoms with E-state index in [1.807, 2.05) is 53.3 Å². The summed E-state index contributed by atoms with van der Waals surface area (Å²) in [6.07, 6.45) is 9.17. The van der Waals surface area contributed by atoms with E-state index in [0.29, 0.717) is 19.8 Å². The molecule has 9 nitrogen and oxygen atoms in total. The van der Waals surface area contributed by atoms with Crippen molar-refractivity contribution in [1.82, 2.24) is 29.7 Å².